The van der Waals surface area contributed by atoms with Crippen molar-refractivity contribution in [2.45, 2.75) is 26.1 Å². The third kappa shape index (κ3) is 2.31. The molecule has 2 rings (SSSR count). The number of rotatable bonds is 1. The molecule has 94 valence electrons. The fourth-order valence-electron chi connectivity index (χ4n) is 2.12. The molecule has 6 heteroatoms. The van der Waals surface area contributed by atoms with E-state index >= 15 is 0 Å². The van der Waals surface area contributed by atoms with E-state index in [1.165, 1.54) is 0 Å². The molecule has 1 aliphatic rings. The van der Waals surface area contributed by atoms with E-state index < -0.39 is 17.7 Å². The van der Waals surface area contributed by atoms with Crippen molar-refractivity contribution in [3.05, 3.63) is 12.3 Å². The molecule has 0 spiro atoms. The standard InChI is InChI=1S/C11H17FN4O/c1-11(2)6-16(5-7(12)9(11)17)10-14-4-3-8(13)15-10/h3-4,7,9,17H,5-6H2,1-2H3,(H2,13,14,15). The molecule has 0 aromatic carbocycles. The number of aliphatic hydroxyl groups excluding tert-OH is 1. The Bertz CT molecular complexity index is 412. The molecule has 0 aliphatic carbocycles. The second-order valence-corrected chi connectivity index (χ2v) is 5.11. The van der Waals surface area contributed by atoms with Gasteiger partial charge in [0.05, 0.1) is 12.6 Å². The van der Waals surface area contributed by atoms with Gasteiger partial charge < -0.3 is 15.7 Å². The Hall–Kier alpha value is -1.43. The van der Waals surface area contributed by atoms with E-state index in [-0.39, 0.29) is 6.54 Å². The van der Waals surface area contributed by atoms with Gasteiger partial charge in [-0.05, 0) is 6.07 Å². The van der Waals surface area contributed by atoms with Gasteiger partial charge in [-0.3, -0.25) is 0 Å². The van der Waals surface area contributed by atoms with Gasteiger partial charge in [-0.2, -0.15) is 4.98 Å². The molecule has 2 unspecified atom stereocenters. The number of alkyl halides is 1. The minimum atomic E-state index is -1.30. The van der Waals surface area contributed by atoms with Crippen molar-refractivity contribution in [1.29, 1.82) is 0 Å². The van der Waals surface area contributed by atoms with Gasteiger partial charge >= 0.3 is 0 Å². The van der Waals surface area contributed by atoms with Crippen molar-refractivity contribution in [2.75, 3.05) is 23.7 Å². The van der Waals surface area contributed by atoms with Gasteiger partial charge in [0, 0.05) is 18.2 Å². The summed E-state index contributed by atoms with van der Waals surface area (Å²) in [5.41, 5.74) is 5.04. The van der Waals surface area contributed by atoms with Gasteiger partial charge in [-0.1, -0.05) is 13.8 Å². The quantitative estimate of drug-likeness (QED) is 0.752. The summed E-state index contributed by atoms with van der Waals surface area (Å²) >= 11 is 0. The molecule has 3 N–H and O–H groups in total. The van der Waals surface area contributed by atoms with Crippen LogP contribution in [-0.2, 0) is 0 Å². The van der Waals surface area contributed by atoms with E-state index in [9.17, 15) is 9.50 Å². The highest BCUT2D eigenvalue weighted by Gasteiger charge is 2.42. The molecule has 5 nitrogen and oxygen atoms in total. The van der Waals surface area contributed by atoms with Crippen LogP contribution >= 0.6 is 0 Å². The van der Waals surface area contributed by atoms with E-state index in [0.717, 1.165) is 0 Å². The number of nitrogens with zero attached hydrogens (tertiary/aromatic N) is 3. The number of piperidine rings is 1. The van der Waals surface area contributed by atoms with E-state index in [1.54, 1.807) is 17.2 Å². The fourth-order valence-corrected chi connectivity index (χ4v) is 2.12. The Morgan fingerprint density at radius 2 is 2.29 bits per heavy atom. The molecule has 1 aromatic heterocycles. The Kier molecular flexibility index (Phi) is 2.91. The lowest BCUT2D eigenvalue weighted by molar-refractivity contribution is -0.0257. The average molecular weight is 240 g/mol. The smallest absolute Gasteiger partial charge is 0.227 e. The number of aromatic nitrogens is 2. The zero-order valence-corrected chi connectivity index (χ0v) is 9.97. The van der Waals surface area contributed by atoms with Crippen LogP contribution in [0.5, 0.6) is 0 Å². The normalized spacial score (nSPS) is 28.1. The first-order valence-electron chi connectivity index (χ1n) is 5.56. The van der Waals surface area contributed by atoms with E-state index in [2.05, 4.69) is 9.97 Å². The highest BCUT2D eigenvalue weighted by Crippen LogP contribution is 2.32. The van der Waals surface area contributed by atoms with Crippen molar-refractivity contribution in [2.24, 2.45) is 5.41 Å². The predicted molar refractivity (Wildman–Crippen MR) is 63.3 cm³/mol. The first-order chi connectivity index (χ1) is 7.90. The van der Waals surface area contributed by atoms with Gasteiger partial charge in [0.15, 0.2) is 0 Å². The van der Waals surface area contributed by atoms with E-state index in [1.807, 2.05) is 13.8 Å². The number of anilines is 2. The summed E-state index contributed by atoms with van der Waals surface area (Å²) < 4.78 is 13.7. The molecule has 1 fully saturated rings. The first kappa shape index (κ1) is 12.0. The van der Waals surface area contributed by atoms with Crippen LogP contribution in [0.3, 0.4) is 0 Å². The zero-order valence-electron chi connectivity index (χ0n) is 9.97. The summed E-state index contributed by atoms with van der Waals surface area (Å²) in [4.78, 5) is 9.86. The summed E-state index contributed by atoms with van der Waals surface area (Å²) in [6.07, 6.45) is -0.716. The van der Waals surface area contributed by atoms with Crippen molar-refractivity contribution >= 4 is 11.8 Å². The van der Waals surface area contributed by atoms with Gasteiger partial charge in [-0.15, -0.1) is 0 Å². The molecule has 2 atom stereocenters. The third-order valence-electron chi connectivity index (χ3n) is 3.08. The highest BCUT2D eigenvalue weighted by molar-refractivity contribution is 5.39. The molecule has 1 aromatic rings. The van der Waals surface area contributed by atoms with Crippen LogP contribution in [0.1, 0.15) is 13.8 Å². The van der Waals surface area contributed by atoms with Gasteiger partial charge in [0.25, 0.3) is 0 Å². The number of hydrogen-bond donors (Lipinski definition) is 2. The maximum absolute atomic E-state index is 13.7. The topological polar surface area (TPSA) is 75.3 Å². The molecular weight excluding hydrogens is 223 g/mol. The van der Waals surface area contributed by atoms with Crippen molar-refractivity contribution in [3.8, 4) is 0 Å². The fraction of sp³-hybridized carbons (Fsp3) is 0.636. The Balaban J connectivity index is 2.24. The Labute approximate surface area is 99.5 Å². The van der Waals surface area contributed by atoms with Crippen molar-refractivity contribution < 1.29 is 9.50 Å². The second kappa shape index (κ2) is 4.10. The van der Waals surface area contributed by atoms with Gasteiger partial charge in [0.2, 0.25) is 5.95 Å². The molecular formula is C11H17FN4O. The molecule has 0 radical (unpaired) electrons. The average Bonchev–Trinajstić information content (AvgIpc) is 2.25. The molecule has 2 heterocycles. The molecule has 0 bridgehead atoms. The highest BCUT2D eigenvalue weighted by atomic mass is 19.1. The summed E-state index contributed by atoms with van der Waals surface area (Å²) in [7, 11) is 0. The first-order valence-corrected chi connectivity index (χ1v) is 5.56. The summed E-state index contributed by atoms with van der Waals surface area (Å²) in [6.45, 7) is 4.23. The van der Waals surface area contributed by atoms with Crippen LogP contribution in [0.15, 0.2) is 12.3 Å². The van der Waals surface area contributed by atoms with Crippen LogP contribution in [-0.4, -0.2) is 40.4 Å². The van der Waals surface area contributed by atoms with E-state index in [4.69, 9.17) is 5.73 Å². The largest absolute Gasteiger partial charge is 0.389 e. The molecule has 17 heavy (non-hydrogen) atoms. The summed E-state index contributed by atoms with van der Waals surface area (Å²) in [5, 5.41) is 9.76. The Morgan fingerprint density at radius 3 is 2.88 bits per heavy atom. The Morgan fingerprint density at radius 1 is 1.59 bits per heavy atom. The van der Waals surface area contributed by atoms with Crippen LogP contribution < -0.4 is 10.6 Å². The zero-order chi connectivity index (χ0) is 12.6. The molecule has 1 saturated heterocycles. The number of halogens is 1. The van der Waals surface area contributed by atoms with E-state index in [0.29, 0.717) is 18.3 Å². The lowest BCUT2D eigenvalue weighted by Gasteiger charge is -2.43. The van der Waals surface area contributed by atoms with Crippen molar-refractivity contribution in [1.82, 2.24) is 9.97 Å². The lowest BCUT2D eigenvalue weighted by Crippen LogP contribution is -2.55. The van der Waals surface area contributed by atoms with Crippen LogP contribution in [0.25, 0.3) is 0 Å². The van der Waals surface area contributed by atoms with Crippen LogP contribution in [0, 0.1) is 5.41 Å². The maximum atomic E-state index is 13.7. The second-order valence-electron chi connectivity index (χ2n) is 5.11. The maximum Gasteiger partial charge on any atom is 0.227 e. The molecule has 0 saturated carbocycles. The minimum absolute atomic E-state index is 0.0913. The number of aliphatic hydroxyl groups is 1. The summed E-state index contributed by atoms with van der Waals surface area (Å²) in [5.74, 6) is 0.766. The number of nitrogens with two attached hydrogens (primary N) is 1. The molecule has 1 aliphatic heterocycles. The number of nitrogen functional groups attached to an aromatic ring is 1. The summed E-state index contributed by atoms with van der Waals surface area (Å²) in [6, 6.07) is 1.58. The third-order valence-corrected chi connectivity index (χ3v) is 3.08. The van der Waals surface area contributed by atoms with Gasteiger partial charge in [0.1, 0.15) is 12.0 Å². The SMILES string of the molecule is CC1(C)CN(c2nccc(N)n2)CC(F)C1O. The lowest BCUT2D eigenvalue weighted by atomic mass is 9.80. The van der Waals surface area contributed by atoms with Gasteiger partial charge in [-0.25, -0.2) is 9.37 Å². The minimum Gasteiger partial charge on any atom is -0.389 e. The van der Waals surface area contributed by atoms with Crippen LogP contribution in [0.2, 0.25) is 0 Å². The van der Waals surface area contributed by atoms with Crippen molar-refractivity contribution in [3.63, 3.8) is 0 Å². The van der Waals surface area contributed by atoms with Crippen LogP contribution in [0.4, 0.5) is 16.2 Å². The predicted octanol–water partition coefficient (Wildman–Crippen LogP) is 0.604. The monoisotopic (exact) mass is 240 g/mol. The number of hydrogen-bond acceptors (Lipinski definition) is 5. The molecule has 0 amide bonds.